The van der Waals surface area contributed by atoms with Gasteiger partial charge in [0.1, 0.15) is 5.60 Å². The maximum Gasteiger partial charge on any atom is 0.416 e. The summed E-state index contributed by atoms with van der Waals surface area (Å²) in [6.45, 7) is 10.8. The van der Waals surface area contributed by atoms with E-state index >= 15 is 0 Å². The van der Waals surface area contributed by atoms with E-state index in [1.165, 1.54) is 12.1 Å². The van der Waals surface area contributed by atoms with Crippen LogP contribution in [0.5, 0.6) is 0 Å². The molecule has 0 aliphatic carbocycles. The van der Waals surface area contributed by atoms with Crippen molar-refractivity contribution in [3.8, 4) is 0 Å². The number of H-pyrrole nitrogens is 1. The molecule has 0 unspecified atom stereocenters. The molecule has 0 saturated carbocycles. The molecular weight excluding hydrogens is 537 g/mol. The standard InChI is InChI=1S/C29H35F3N6O3/c1-28(2,3)41-27(40)38-16-14-36(15-17-38)22-8-9-23-24(18-22)34-25(33-23)26(39)37-12-10-35(11-13-37)19-20-4-6-21(7-5-20)29(30,31)32/h4-9,18H,10-17,19H2,1-3H3,(H,33,34). The van der Waals surface area contributed by atoms with Crippen LogP contribution in [0.2, 0.25) is 0 Å². The summed E-state index contributed by atoms with van der Waals surface area (Å²) >= 11 is 0. The topological polar surface area (TPSA) is 85.0 Å². The minimum atomic E-state index is -4.35. The number of nitrogens with zero attached hydrogens (tertiary/aromatic N) is 5. The highest BCUT2D eigenvalue weighted by atomic mass is 19.4. The van der Waals surface area contributed by atoms with Gasteiger partial charge in [0.05, 0.1) is 16.6 Å². The SMILES string of the molecule is CC(C)(C)OC(=O)N1CCN(c2ccc3nc(C(=O)N4CCN(Cc5ccc(C(F)(F)F)cc5)CC4)[nH]c3c2)CC1. The molecule has 5 rings (SSSR count). The maximum atomic E-state index is 13.2. The lowest BCUT2D eigenvalue weighted by atomic mass is 10.1. The minimum Gasteiger partial charge on any atom is -0.444 e. The number of fused-ring (bicyclic) bond motifs is 1. The summed E-state index contributed by atoms with van der Waals surface area (Å²) in [5, 5.41) is 0. The molecule has 1 N–H and O–H groups in total. The Hall–Kier alpha value is -3.80. The molecule has 220 valence electrons. The van der Waals surface area contributed by atoms with E-state index in [0.717, 1.165) is 28.9 Å². The first-order valence-corrected chi connectivity index (χ1v) is 13.8. The number of aromatic amines is 1. The van der Waals surface area contributed by atoms with Gasteiger partial charge in [-0.2, -0.15) is 13.2 Å². The van der Waals surface area contributed by atoms with Crippen molar-refractivity contribution in [2.45, 2.75) is 39.1 Å². The molecular formula is C29H35F3N6O3. The molecule has 1 aromatic heterocycles. The Morgan fingerprint density at radius 2 is 1.51 bits per heavy atom. The number of carbonyl (C=O) groups excluding carboxylic acids is 2. The number of hydrogen-bond acceptors (Lipinski definition) is 6. The van der Waals surface area contributed by atoms with Crippen molar-refractivity contribution in [2.75, 3.05) is 57.3 Å². The first-order valence-electron chi connectivity index (χ1n) is 13.8. The Morgan fingerprint density at radius 3 is 2.12 bits per heavy atom. The number of amides is 2. The van der Waals surface area contributed by atoms with Gasteiger partial charge in [-0.25, -0.2) is 9.78 Å². The van der Waals surface area contributed by atoms with Crippen LogP contribution in [0.15, 0.2) is 42.5 Å². The number of halogens is 3. The Balaban J connectivity index is 1.15. The number of rotatable bonds is 4. The summed E-state index contributed by atoms with van der Waals surface area (Å²) in [4.78, 5) is 41.0. The fraction of sp³-hybridized carbons (Fsp3) is 0.483. The molecule has 3 heterocycles. The number of alkyl halides is 3. The molecule has 0 radical (unpaired) electrons. The largest absolute Gasteiger partial charge is 0.444 e. The minimum absolute atomic E-state index is 0.178. The molecule has 9 nitrogen and oxygen atoms in total. The van der Waals surface area contributed by atoms with Gasteiger partial charge in [-0.05, 0) is 56.7 Å². The van der Waals surface area contributed by atoms with Gasteiger partial charge in [0.15, 0.2) is 5.82 Å². The second-order valence-corrected chi connectivity index (χ2v) is 11.5. The molecule has 2 fully saturated rings. The van der Waals surface area contributed by atoms with E-state index in [1.807, 2.05) is 39.0 Å². The number of ether oxygens (including phenoxy) is 1. The van der Waals surface area contributed by atoms with Crippen LogP contribution in [0.25, 0.3) is 11.0 Å². The summed E-state index contributed by atoms with van der Waals surface area (Å²) in [5.74, 6) is 0.103. The summed E-state index contributed by atoms with van der Waals surface area (Å²) in [5.41, 5.74) is 2.07. The number of piperazine rings is 2. The van der Waals surface area contributed by atoms with E-state index in [9.17, 15) is 22.8 Å². The Morgan fingerprint density at radius 1 is 0.878 bits per heavy atom. The average Bonchev–Trinajstić information content (AvgIpc) is 3.36. The van der Waals surface area contributed by atoms with Crippen LogP contribution in [0, 0.1) is 0 Å². The summed E-state index contributed by atoms with van der Waals surface area (Å²) in [7, 11) is 0. The normalized spacial score (nSPS) is 17.3. The number of carbonyl (C=O) groups is 2. The van der Waals surface area contributed by atoms with Crippen molar-refractivity contribution in [1.82, 2.24) is 24.7 Å². The number of hydrogen-bond donors (Lipinski definition) is 1. The molecule has 2 aliphatic heterocycles. The quantitative estimate of drug-likeness (QED) is 0.492. The number of aromatic nitrogens is 2. The number of benzene rings is 2. The molecule has 41 heavy (non-hydrogen) atoms. The lowest BCUT2D eigenvalue weighted by Crippen LogP contribution is -2.50. The summed E-state index contributed by atoms with van der Waals surface area (Å²) in [6.07, 6.45) is -4.65. The average molecular weight is 573 g/mol. The first kappa shape index (κ1) is 28.7. The number of anilines is 1. The molecule has 0 spiro atoms. The molecule has 2 saturated heterocycles. The maximum absolute atomic E-state index is 13.2. The van der Waals surface area contributed by atoms with Crippen LogP contribution in [0.1, 0.15) is 42.5 Å². The molecule has 2 amide bonds. The monoisotopic (exact) mass is 572 g/mol. The van der Waals surface area contributed by atoms with Crippen molar-refractivity contribution in [2.24, 2.45) is 0 Å². The van der Waals surface area contributed by atoms with E-state index in [2.05, 4.69) is 19.8 Å². The molecule has 12 heteroatoms. The van der Waals surface area contributed by atoms with E-state index in [1.54, 1.807) is 9.80 Å². The third-order valence-corrected chi connectivity index (χ3v) is 7.31. The fourth-order valence-electron chi connectivity index (χ4n) is 5.09. The lowest BCUT2D eigenvalue weighted by molar-refractivity contribution is -0.137. The van der Waals surface area contributed by atoms with Gasteiger partial charge in [-0.1, -0.05) is 12.1 Å². The molecule has 3 aromatic rings. The van der Waals surface area contributed by atoms with Crippen molar-refractivity contribution in [3.63, 3.8) is 0 Å². The predicted octanol–water partition coefficient (Wildman–Crippen LogP) is 4.60. The van der Waals surface area contributed by atoms with Crippen molar-refractivity contribution >= 4 is 28.7 Å². The number of nitrogens with one attached hydrogen (secondary N) is 1. The first-order chi connectivity index (χ1) is 19.4. The van der Waals surface area contributed by atoms with E-state index < -0.39 is 17.3 Å². The van der Waals surface area contributed by atoms with E-state index in [-0.39, 0.29) is 17.8 Å². The van der Waals surface area contributed by atoms with Crippen molar-refractivity contribution < 1.29 is 27.5 Å². The fourth-order valence-corrected chi connectivity index (χ4v) is 5.09. The van der Waals surface area contributed by atoms with Crippen LogP contribution in [-0.4, -0.2) is 94.6 Å². The smallest absolute Gasteiger partial charge is 0.416 e. The third-order valence-electron chi connectivity index (χ3n) is 7.31. The van der Waals surface area contributed by atoms with Crippen molar-refractivity contribution in [1.29, 1.82) is 0 Å². The molecule has 2 aromatic carbocycles. The van der Waals surface area contributed by atoms with Gasteiger partial charge in [0.2, 0.25) is 0 Å². The van der Waals surface area contributed by atoms with Gasteiger partial charge in [0.25, 0.3) is 5.91 Å². The third kappa shape index (κ3) is 6.92. The zero-order valence-corrected chi connectivity index (χ0v) is 23.5. The number of imidazole rings is 1. The van der Waals surface area contributed by atoms with Gasteiger partial charge in [0, 0.05) is 64.6 Å². The highest BCUT2D eigenvalue weighted by Crippen LogP contribution is 2.29. The predicted molar refractivity (Wildman–Crippen MR) is 149 cm³/mol. The van der Waals surface area contributed by atoms with Gasteiger partial charge in [-0.15, -0.1) is 0 Å². The van der Waals surface area contributed by atoms with Gasteiger partial charge >= 0.3 is 12.3 Å². The zero-order chi connectivity index (χ0) is 29.4. The molecule has 0 bridgehead atoms. The van der Waals surface area contributed by atoms with E-state index in [4.69, 9.17) is 4.74 Å². The van der Waals surface area contributed by atoms with Gasteiger partial charge < -0.3 is 24.4 Å². The highest BCUT2D eigenvalue weighted by molar-refractivity contribution is 5.94. The van der Waals surface area contributed by atoms with E-state index in [0.29, 0.717) is 64.4 Å². The Bertz CT molecular complexity index is 1380. The highest BCUT2D eigenvalue weighted by Gasteiger charge is 2.30. The second-order valence-electron chi connectivity index (χ2n) is 11.5. The van der Waals surface area contributed by atoms with Crippen LogP contribution >= 0.6 is 0 Å². The lowest BCUT2D eigenvalue weighted by Gasteiger charge is -2.36. The van der Waals surface area contributed by atoms with Crippen molar-refractivity contribution in [3.05, 3.63) is 59.4 Å². The molecule has 0 atom stereocenters. The van der Waals surface area contributed by atoms with Gasteiger partial charge in [-0.3, -0.25) is 9.69 Å². The second kappa shape index (κ2) is 11.2. The van der Waals surface area contributed by atoms with Crippen LogP contribution < -0.4 is 4.90 Å². The summed E-state index contributed by atoms with van der Waals surface area (Å²) in [6, 6.07) is 11.1. The Kier molecular flexibility index (Phi) is 7.87. The molecule has 2 aliphatic rings. The zero-order valence-electron chi connectivity index (χ0n) is 23.5. The summed E-state index contributed by atoms with van der Waals surface area (Å²) < 4.78 is 43.9. The van der Waals surface area contributed by atoms with Crippen LogP contribution in [-0.2, 0) is 17.5 Å². The van der Waals surface area contributed by atoms with Crippen LogP contribution in [0.3, 0.4) is 0 Å². The van der Waals surface area contributed by atoms with Crippen LogP contribution in [0.4, 0.5) is 23.7 Å². The Labute approximate surface area is 236 Å².